The number of rotatable bonds is 3. The number of benzene rings is 1. The first-order chi connectivity index (χ1) is 8.32. The van der Waals surface area contributed by atoms with Gasteiger partial charge < -0.3 is 4.74 Å². The Morgan fingerprint density at radius 1 is 1.56 bits per heavy atom. The molecule has 0 radical (unpaired) electrons. The molecule has 0 N–H and O–H groups in total. The van der Waals surface area contributed by atoms with Crippen LogP contribution in [0.15, 0.2) is 18.2 Å². The number of halogens is 2. The molecule has 0 spiro atoms. The summed E-state index contributed by atoms with van der Waals surface area (Å²) in [6.45, 7) is 3.95. The predicted molar refractivity (Wildman–Crippen MR) is 65.5 cm³/mol. The van der Waals surface area contributed by atoms with Crippen LogP contribution in [0.4, 0.5) is 10.1 Å². The summed E-state index contributed by atoms with van der Waals surface area (Å²) in [6.07, 6.45) is 0.591. The predicted octanol–water partition coefficient (Wildman–Crippen LogP) is 3.52. The van der Waals surface area contributed by atoms with E-state index < -0.39 is 16.4 Å². The molecule has 0 bridgehead atoms. The molecule has 2 unspecified atom stereocenters. The molecule has 98 valence electrons. The molecule has 0 saturated heterocycles. The second-order valence-corrected chi connectivity index (χ2v) is 5.53. The lowest BCUT2D eigenvalue weighted by molar-refractivity contribution is -0.387. The maximum atomic E-state index is 13.4. The van der Waals surface area contributed by atoms with Crippen molar-refractivity contribution < 1.29 is 14.1 Å². The Labute approximate surface area is 109 Å². The van der Waals surface area contributed by atoms with Crippen molar-refractivity contribution in [2.75, 3.05) is 0 Å². The molecule has 1 aliphatic rings. The maximum Gasteiger partial charge on any atom is 0.305 e. The smallest absolute Gasteiger partial charge is 0.305 e. The van der Waals surface area contributed by atoms with Crippen LogP contribution in [-0.2, 0) is 0 Å². The maximum absolute atomic E-state index is 13.4. The van der Waals surface area contributed by atoms with Crippen molar-refractivity contribution in [3.8, 4) is 5.75 Å². The van der Waals surface area contributed by atoms with Crippen LogP contribution in [0.1, 0.15) is 20.3 Å². The van der Waals surface area contributed by atoms with E-state index in [0.717, 1.165) is 12.1 Å². The van der Waals surface area contributed by atoms with Gasteiger partial charge in [0.05, 0.1) is 4.92 Å². The Balaban J connectivity index is 2.12. The first kappa shape index (κ1) is 13.1. The highest BCUT2D eigenvalue weighted by Crippen LogP contribution is 2.46. The van der Waals surface area contributed by atoms with Gasteiger partial charge in [-0.3, -0.25) is 10.1 Å². The van der Waals surface area contributed by atoms with Crippen molar-refractivity contribution in [2.24, 2.45) is 5.41 Å². The van der Waals surface area contributed by atoms with Gasteiger partial charge in [0.25, 0.3) is 0 Å². The summed E-state index contributed by atoms with van der Waals surface area (Å²) in [5.41, 5.74) is -0.731. The standard InChI is InChI=1S/C12H13ClFNO3/c1-12(2)10(13)6-11(12)18-7-3-4-9(15(16)17)8(14)5-7/h3-5,10-11H,6H2,1-2H3. The van der Waals surface area contributed by atoms with E-state index in [0.29, 0.717) is 12.2 Å². The largest absolute Gasteiger partial charge is 0.490 e. The third kappa shape index (κ3) is 2.14. The van der Waals surface area contributed by atoms with Gasteiger partial charge in [-0.1, -0.05) is 13.8 Å². The van der Waals surface area contributed by atoms with E-state index in [1.807, 2.05) is 13.8 Å². The summed E-state index contributed by atoms with van der Waals surface area (Å²) in [4.78, 5) is 9.71. The molecule has 0 aliphatic heterocycles. The first-order valence-corrected chi connectivity index (χ1v) is 6.00. The molecule has 1 aromatic rings. The van der Waals surface area contributed by atoms with Gasteiger partial charge in [-0.2, -0.15) is 4.39 Å². The van der Waals surface area contributed by atoms with E-state index in [9.17, 15) is 14.5 Å². The van der Waals surface area contributed by atoms with Crippen LogP contribution in [-0.4, -0.2) is 16.4 Å². The lowest BCUT2D eigenvalue weighted by atomic mass is 9.68. The Kier molecular flexibility index (Phi) is 3.19. The van der Waals surface area contributed by atoms with E-state index in [-0.39, 0.29) is 16.9 Å². The van der Waals surface area contributed by atoms with Crippen molar-refractivity contribution in [3.05, 3.63) is 34.1 Å². The molecule has 2 rings (SSSR count). The first-order valence-electron chi connectivity index (χ1n) is 5.57. The molecule has 18 heavy (non-hydrogen) atoms. The molecule has 1 aromatic carbocycles. The van der Waals surface area contributed by atoms with E-state index >= 15 is 0 Å². The highest BCUT2D eigenvalue weighted by atomic mass is 35.5. The van der Waals surface area contributed by atoms with Crippen LogP contribution in [0.5, 0.6) is 5.75 Å². The van der Waals surface area contributed by atoms with E-state index in [2.05, 4.69) is 0 Å². The lowest BCUT2D eigenvalue weighted by Gasteiger charge is -2.48. The number of nitrogens with zero attached hydrogens (tertiary/aromatic N) is 1. The number of nitro groups is 1. The zero-order valence-electron chi connectivity index (χ0n) is 10.0. The van der Waals surface area contributed by atoms with Gasteiger partial charge in [-0.15, -0.1) is 11.6 Å². The molecule has 4 nitrogen and oxygen atoms in total. The third-order valence-corrected chi connectivity index (χ3v) is 4.19. The average Bonchev–Trinajstić information content (AvgIpc) is 2.28. The summed E-state index contributed by atoms with van der Waals surface area (Å²) in [6, 6.07) is 3.54. The van der Waals surface area contributed by atoms with Crippen LogP contribution in [0.3, 0.4) is 0 Å². The zero-order valence-corrected chi connectivity index (χ0v) is 10.8. The second-order valence-electron chi connectivity index (χ2n) is 5.00. The van der Waals surface area contributed by atoms with Gasteiger partial charge >= 0.3 is 5.69 Å². The quantitative estimate of drug-likeness (QED) is 0.481. The van der Waals surface area contributed by atoms with E-state index in [4.69, 9.17) is 16.3 Å². The summed E-state index contributed by atoms with van der Waals surface area (Å²) >= 11 is 6.06. The van der Waals surface area contributed by atoms with Crippen LogP contribution >= 0.6 is 11.6 Å². The molecule has 1 saturated carbocycles. The molecule has 0 amide bonds. The lowest BCUT2D eigenvalue weighted by Crippen LogP contribution is -2.53. The summed E-state index contributed by atoms with van der Waals surface area (Å²) < 4.78 is 19.0. The van der Waals surface area contributed by atoms with Crippen LogP contribution < -0.4 is 4.74 Å². The highest BCUT2D eigenvalue weighted by molar-refractivity contribution is 6.21. The van der Waals surface area contributed by atoms with Crippen molar-refractivity contribution in [1.82, 2.24) is 0 Å². The minimum Gasteiger partial charge on any atom is -0.490 e. The normalized spacial score (nSPS) is 25.3. The van der Waals surface area contributed by atoms with Crippen molar-refractivity contribution in [3.63, 3.8) is 0 Å². The molecule has 2 atom stereocenters. The van der Waals surface area contributed by atoms with Crippen molar-refractivity contribution in [1.29, 1.82) is 0 Å². The van der Waals surface area contributed by atoms with E-state index in [1.165, 1.54) is 6.07 Å². The third-order valence-electron chi connectivity index (χ3n) is 3.45. The molecule has 6 heteroatoms. The SMILES string of the molecule is CC1(C)C(Cl)CC1Oc1ccc([N+](=O)[O-])c(F)c1. The minimum atomic E-state index is -0.892. The van der Waals surface area contributed by atoms with Crippen molar-refractivity contribution in [2.45, 2.75) is 31.7 Å². The fourth-order valence-electron chi connectivity index (χ4n) is 1.91. The number of hydrogen-bond donors (Lipinski definition) is 0. The topological polar surface area (TPSA) is 52.4 Å². The van der Waals surface area contributed by atoms with Crippen LogP contribution in [0.25, 0.3) is 0 Å². The molecule has 0 heterocycles. The van der Waals surface area contributed by atoms with E-state index in [1.54, 1.807) is 0 Å². The molecule has 0 aromatic heterocycles. The molecular weight excluding hydrogens is 261 g/mol. The number of alkyl halides is 1. The second kappa shape index (κ2) is 4.39. The highest BCUT2D eigenvalue weighted by Gasteiger charge is 2.49. The van der Waals surface area contributed by atoms with Gasteiger partial charge in [0.1, 0.15) is 11.9 Å². The molecular formula is C12H13ClFNO3. The Bertz CT molecular complexity index is 492. The number of hydrogen-bond acceptors (Lipinski definition) is 3. The van der Waals surface area contributed by atoms with Crippen LogP contribution in [0.2, 0.25) is 0 Å². The monoisotopic (exact) mass is 273 g/mol. The fraction of sp³-hybridized carbons (Fsp3) is 0.500. The van der Waals surface area contributed by atoms with Gasteiger partial charge in [-0.25, -0.2) is 0 Å². The van der Waals surface area contributed by atoms with Crippen molar-refractivity contribution >= 4 is 17.3 Å². The zero-order chi connectivity index (χ0) is 13.5. The summed E-state index contributed by atoms with van der Waals surface area (Å²) in [7, 11) is 0. The van der Waals surface area contributed by atoms with Gasteiger partial charge in [0.2, 0.25) is 5.82 Å². The summed E-state index contributed by atoms with van der Waals surface area (Å²) in [5, 5.41) is 10.5. The molecule has 1 aliphatic carbocycles. The Morgan fingerprint density at radius 2 is 2.22 bits per heavy atom. The van der Waals surface area contributed by atoms with Gasteiger partial charge in [0, 0.05) is 29.3 Å². The molecule has 1 fully saturated rings. The van der Waals surface area contributed by atoms with Gasteiger partial charge in [-0.05, 0) is 6.07 Å². The Morgan fingerprint density at radius 3 is 2.67 bits per heavy atom. The summed E-state index contributed by atoms with van der Waals surface area (Å²) in [5.74, 6) is -0.600. The number of ether oxygens (including phenoxy) is 1. The average molecular weight is 274 g/mol. The minimum absolute atomic E-state index is 0.0328. The fourth-order valence-corrected chi connectivity index (χ4v) is 2.21. The number of nitro benzene ring substituents is 1. The van der Waals surface area contributed by atoms with Crippen LogP contribution in [0, 0.1) is 21.3 Å². The Hall–Kier alpha value is -1.36. The van der Waals surface area contributed by atoms with Gasteiger partial charge in [0.15, 0.2) is 0 Å².